The van der Waals surface area contributed by atoms with Gasteiger partial charge in [0.05, 0.1) is 12.2 Å². The van der Waals surface area contributed by atoms with Gasteiger partial charge in [0, 0.05) is 18.7 Å². The molecule has 1 aromatic heterocycles. The molecule has 1 saturated heterocycles. The molecule has 0 spiro atoms. The molecule has 0 aromatic carbocycles. The molecule has 5 heteroatoms. The minimum atomic E-state index is 0. The fraction of sp³-hybridized carbons (Fsp3) is 0.700. The summed E-state index contributed by atoms with van der Waals surface area (Å²) in [6.07, 6.45) is 9.58. The van der Waals surface area contributed by atoms with Crippen LogP contribution in [0.5, 0.6) is 0 Å². The molecular formula is C20H32ClN3O. The molecule has 0 radical (unpaired) electrons. The first-order valence-corrected chi connectivity index (χ1v) is 9.62. The first kappa shape index (κ1) is 20.2. The Labute approximate surface area is 158 Å². The molecule has 1 amide bonds. The summed E-state index contributed by atoms with van der Waals surface area (Å²) in [5.41, 5.74) is 1.00. The first-order chi connectivity index (χ1) is 11.7. The summed E-state index contributed by atoms with van der Waals surface area (Å²) in [7, 11) is 0. The van der Waals surface area contributed by atoms with Crippen molar-refractivity contribution < 1.29 is 4.79 Å². The third-order valence-corrected chi connectivity index (χ3v) is 5.63. The zero-order valence-corrected chi connectivity index (χ0v) is 16.1. The smallest absolute Gasteiger partial charge is 0.223 e. The molecule has 2 aliphatic rings. The molecule has 0 bridgehead atoms. The van der Waals surface area contributed by atoms with E-state index in [0.29, 0.717) is 24.4 Å². The lowest BCUT2D eigenvalue weighted by atomic mass is 9.99. The Hall–Kier alpha value is -1.13. The van der Waals surface area contributed by atoms with Crippen LogP contribution in [0.1, 0.15) is 57.6 Å². The Kier molecular flexibility index (Phi) is 8.17. The average Bonchev–Trinajstić information content (AvgIpc) is 2.84. The zero-order valence-electron chi connectivity index (χ0n) is 15.3. The predicted molar refractivity (Wildman–Crippen MR) is 104 cm³/mol. The van der Waals surface area contributed by atoms with Crippen molar-refractivity contribution in [2.75, 3.05) is 13.1 Å². The normalized spacial score (nSPS) is 26.5. The summed E-state index contributed by atoms with van der Waals surface area (Å²) in [4.78, 5) is 19.7. The summed E-state index contributed by atoms with van der Waals surface area (Å²) in [5.74, 6) is 1.71. The summed E-state index contributed by atoms with van der Waals surface area (Å²) in [6.45, 7) is 5.05. The Morgan fingerprint density at radius 3 is 2.84 bits per heavy atom. The van der Waals surface area contributed by atoms with Crippen LogP contribution in [0.2, 0.25) is 0 Å². The fourth-order valence-corrected chi connectivity index (χ4v) is 4.27. The van der Waals surface area contributed by atoms with Gasteiger partial charge >= 0.3 is 0 Å². The molecule has 3 rings (SSSR count). The molecule has 140 valence electrons. The van der Waals surface area contributed by atoms with Crippen LogP contribution in [0.15, 0.2) is 24.4 Å². The summed E-state index contributed by atoms with van der Waals surface area (Å²) in [6, 6.07) is 6.34. The van der Waals surface area contributed by atoms with E-state index < -0.39 is 0 Å². The van der Waals surface area contributed by atoms with E-state index >= 15 is 0 Å². The highest BCUT2D eigenvalue weighted by Crippen LogP contribution is 2.33. The van der Waals surface area contributed by atoms with Crippen molar-refractivity contribution in [1.29, 1.82) is 0 Å². The number of pyridine rings is 1. The summed E-state index contributed by atoms with van der Waals surface area (Å²) in [5, 5.41) is 3.46. The number of hydrogen-bond acceptors (Lipinski definition) is 3. The van der Waals surface area contributed by atoms with Gasteiger partial charge in [-0.2, -0.15) is 0 Å². The maximum Gasteiger partial charge on any atom is 0.223 e. The first-order valence-electron chi connectivity index (χ1n) is 9.62. The molecule has 1 aromatic rings. The van der Waals surface area contributed by atoms with Crippen LogP contribution in [0.25, 0.3) is 0 Å². The van der Waals surface area contributed by atoms with Gasteiger partial charge in [-0.1, -0.05) is 19.4 Å². The molecule has 25 heavy (non-hydrogen) atoms. The number of carbonyl (C=O) groups excluding carboxylic acids is 1. The topological polar surface area (TPSA) is 45.2 Å². The lowest BCUT2D eigenvalue weighted by molar-refractivity contribution is -0.135. The van der Waals surface area contributed by atoms with Gasteiger partial charge in [0.1, 0.15) is 0 Å². The van der Waals surface area contributed by atoms with Gasteiger partial charge in [-0.25, -0.2) is 0 Å². The Morgan fingerprint density at radius 2 is 2.12 bits per heavy atom. The van der Waals surface area contributed by atoms with Crippen LogP contribution in [0.3, 0.4) is 0 Å². The van der Waals surface area contributed by atoms with Crippen molar-refractivity contribution in [3.8, 4) is 0 Å². The van der Waals surface area contributed by atoms with E-state index in [4.69, 9.17) is 0 Å². The van der Waals surface area contributed by atoms with Crippen molar-refractivity contribution in [1.82, 2.24) is 15.2 Å². The Balaban J connectivity index is 0.00000225. The second-order valence-corrected chi connectivity index (χ2v) is 7.67. The summed E-state index contributed by atoms with van der Waals surface area (Å²) >= 11 is 0. The highest BCUT2D eigenvalue weighted by Gasteiger charge is 2.29. The van der Waals surface area contributed by atoms with Crippen molar-refractivity contribution in [3.63, 3.8) is 0 Å². The van der Waals surface area contributed by atoms with Crippen molar-refractivity contribution in [2.24, 2.45) is 11.8 Å². The number of amides is 1. The van der Waals surface area contributed by atoms with Crippen molar-refractivity contribution in [2.45, 2.75) is 64.5 Å². The van der Waals surface area contributed by atoms with Crippen LogP contribution in [0.4, 0.5) is 0 Å². The molecule has 3 atom stereocenters. The van der Waals surface area contributed by atoms with Gasteiger partial charge in [-0.3, -0.25) is 9.78 Å². The van der Waals surface area contributed by atoms with E-state index in [0.717, 1.165) is 50.4 Å². The third kappa shape index (κ3) is 5.96. The van der Waals surface area contributed by atoms with E-state index in [1.165, 1.54) is 19.3 Å². The Bertz CT molecular complexity index is 517. The monoisotopic (exact) mass is 365 g/mol. The van der Waals surface area contributed by atoms with Crippen LogP contribution < -0.4 is 5.32 Å². The number of rotatable bonds is 5. The number of aromatic nitrogens is 1. The van der Waals surface area contributed by atoms with Gasteiger partial charge in [0.15, 0.2) is 0 Å². The van der Waals surface area contributed by atoms with Crippen molar-refractivity contribution >= 4 is 18.3 Å². The van der Waals surface area contributed by atoms with Crippen molar-refractivity contribution in [3.05, 3.63) is 30.1 Å². The molecular weight excluding hydrogens is 334 g/mol. The largest absolute Gasteiger partial charge is 0.334 e. The third-order valence-electron chi connectivity index (χ3n) is 5.63. The quantitative estimate of drug-likeness (QED) is 0.863. The zero-order chi connectivity index (χ0) is 16.8. The van der Waals surface area contributed by atoms with Crippen LogP contribution in [0, 0.1) is 11.8 Å². The highest BCUT2D eigenvalue weighted by molar-refractivity contribution is 5.85. The molecule has 2 heterocycles. The van der Waals surface area contributed by atoms with E-state index in [1.54, 1.807) is 0 Å². The van der Waals surface area contributed by atoms with E-state index in [9.17, 15) is 4.79 Å². The summed E-state index contributed by atoms with van der Waals surface area (Å²) < 4.78 is 0. The minimum absolute atomic E-state index is 0. The van der Waals surface area contributed by atoms with Crippen LogP contribution in [-0.2, 0) is 11.3 Å². The second kappa shape index (κ2) is 10.1. The Morgan fingerprint density at radius 1 is 1.24 bits per heavy atom. The molecule has 1 saturated carbocycles. The fourth-order valence-electron chi connectivity index (χ4n) is 4.27. The molecule has 1 aliphatic carbocycles. The molecule has 3 unspecified atom stereocenters. The molecule has 1 aliphatic heterocycles. The molecule has 2 fully saturated rings. The number of hydrogen-bond donors (Lipinski definition) is 1. The van der Waals surface area contributed by atoms with Crippen LogP contribution >= 0.6 is 12.4 Å². The number of nitrogens with one attached hydrogen (secondary N) is 1. The standard InChI is InChI=1S/C20H31N3O.ClH/c1-16-7-8-17(13-16)14-20(24)23(15-18-5-2-3-11-22-18)19-6-4-10-21-12-9-19;/h2-3,5,11,16-17,19,21H,4,6-10,12-15H2,1H3;1H. The molecule has 1 N–H and O–H groups in total. The maximum atomic E-state index is 13.1. The molecule has 4 nitrogen and oxygen atoms in total. The van der Waals surface area contributed by atoms with E-state index in [2.05, 4.69) is 22.1 Å². The second-order valence-electron chi connectivity index (χ2n) is 7.67. The highest BCUT2D eigenvalue weighted by atomic mass is 35.5. The number of nitrogens with zero attached hydrogens (tertiary/aromatic N) is 2. The average molecular weight is 366 g/mol. The van der Waals surface area contributed by atoms with Gasteiger partial charge in [-0.15, -0.1) is 12.4 Å². The van der Waals surface area contributed by atoms with E-state index in [-0.39, 0.29) is 12.4 Å². The minimum Gasteiger partial charge on any atom is -0.334 e. The van der Waals surface area contributed by atoms with Gasteiger partial charge < -0.3 is 10.2 Å². The number of halogens is 1. The predicted octanol–water partition coefficient (Wildman–Crippen LogP) is 3.80. The van der Waals surface area contributed by atoms with Crippen LogP contribution in [-0.4, -0.2) is 34.9 Å². The lowest BCUT2D eigenvalue weighted by Gasteiger charge is -2.32. The maximum absolute atomic E-state index is 13.1. The number of carbonyl (C=O) groups is 1. The van der Waals surface area contributed by atoms with Gasteiger partial charge in [0.2, 0.25) is 5.91 Å². The van der Waals surface area contributed by atoms with Gasteiger partial charge in [0.25, 0.3) is 0 Å². The van der Waals surface area contributed by atoms with Gasteiger partial charge in [-0.05, 0) is 69.2 Å². The lowest BCUT2D eigenvalue weighted by Crippen LogP contribution is -2.41. The SMILES string of the molecule is CC1CCC(CC(=O)N(Cc2ccccn2)C2CCCNCC2)C1.Cl. The van der Waals surface area contributed by atoms with E-state index in [1.807, 2.05) is 24.4 Å².